The molecular weight excluding hydrogens is 353 g/mol. The molecule has 1 aromatic carbocycles. The van der Waals surface area contributed by atoms with E-state index in [1.807, 2.05) is 35.2 Å². The molecule has 6 heteroatoms. The number of carbonyl (C=O) groups is 1. The zero-order valence-electron chi connectivity index (χ0n) is 17.4. The standard InChI is InChI=1S/C22H30BNO4/c1-20(2)21(3,4)28-23(27-20)18-14-22(15-18)10-12-24(13-11-22)19(25)26-16-17-8-6-5-7-9-17/h5-9,14H,10-13,15-16H2,1-4H3. The first-order valence-electron chi connectivity index (χ1n) is 10.2. The summed E-state index contributed by atoms with van der Waals surface area (Å²) in [5.74, 6) is 0. The normalized spacial score (nSPS) is 24.6. The van der Waals surface area contributed by atoms with Gasteiger partial charge in [-0.3, -0.25) is 0 Å². The fourth-order valence-electron chi connectivity index (χ4n) is 4.18. The van der Waals surface area contributed by atoms with Gasteiger partial charge in [0.2, 0.25) is 0 Å². The maximum atomic E-state index is 12.4. The highest BCUT2D eigenvalue weighted by Gasteiger charge is 2.55. The molecule has 0 saturated carbocycles. The Morgan fingerprint density at radius 3 is 2.21 bits per heavy atom. The van der Waals surface area contributed by atoms with E-state index in [0.717, 1.165) is 37.9 Å². The molecule has 1 aliphatic carbocycles. The second-order valence-electron chi connectivity index (χ2n) is 9.37. The third-order valence-electron chi connectivity index (χ3n) is 6.83. The number of likely N-dealkylation sites (tertiary alicyclic amines) is 1. The van der Waals surface area contributed by atoms with Crippen molar-refractivity contribution in [1.82, 2.24) is 4.90 Å². The molecular formula is C22H30BNO4. The third kappa shape index (κ3) is 3.60. The van der Waals surface area contributed by atoms with Gasteiger partial charge in [0.15, 0.2) is 0 Å². The van der Waals surface area contributed by atoms with E-state index in [-0.39, 0.29) is 29.8 Å². The SMILES string of the molecule is CC1(C)OB(C2=CC3(CCN(C(=O)OCc4ccccc4)CC3)C2)OC1(C)C. The highest BCUT2D eigenvalue weighted by Crippen LogP contribution is 2.51. The van der Waals surface area contributed by atoms with E-state index in [2.05, 4.69) is 33.8 Å². The monoisotopic (exact) mass is 383 g/mol. The minimum atomic E-state index is -0.298. The minimum absolute atomic E-state index is 0.190. The topological polar surface area (TPSA) is 48.0 Å². The van der Waals surface area contributed by atoms with E-state index in [9.17, 15) is 4.79 Å². The van der Waals surface area contributed by atoms with Crippen molar-refractivity contribution in [3.05, 3.63) is 47.4 Å². The lowest BCUT2D eigenvalue weighted by atomic mass is 9.55. The lowest BCUT2D eigenvalue weighted by Gasteiger charge is -2.46. The lowest BCUT2D eigenvalue weighted by Crippen LogP contribution is -2.47. The Morgan fingerprint density at radius 1 is 1.07 bits per heavy atom. The molecule has 1 aromatic rings. The van der Waals surface area contributed by atoms with Gasteiger partial charge in [-0.15, -0.1) is 0 Å². The molecule has 2 saturated heterocycles. The number of benzene rings is 1. The Balaban J connectivity index is 1.28. The average Bonchev–Trinajstić information content (AvgIpc) is 2.86. The number of amides is 1. The van der Waals surface area contributed by atoms with Gasteiger partial charge in [-0.2, -0.15) is 0 Å². The molecule has 2 heterocycles. The molecule has 0 atom stereocenters. The van der Waals surface area contributed by atoms with Crippen LogP contribution in [0.4, 0.5) is 4.79 Å². The van der Waals surface area contributed by atoms with Crippen LogP contribution in [-0.4, -0.2) is 42.4 Å². The molecule has 4 rings (SSSR count). The van der Waals surface area contributed by atoms with Crippen LogP contribution in [0.15, 0.2) is 41.9 Å². The van der Waals surface area contributed by atoms with Crippen molar-refractivity contribution in [2.45, 2.75) is 64.8 Å². The minimum Gasteiger partial charge on any atom is -0.445 e. The number of piperidine rings is 1. The summed E-state index contributed by atoms with van der Waals surface area (Å²) in [6.07, 6.45) is 5.05. The van der Waals surface area contributed by atoms with Crippen LogP contribution in [0, 0.1) is 5.41 Å². The van der Waals surface area contributed by atoms with Crippen molar-refractivity contribution in [3.63, 3.8) is 0 Å². The van der Waals surface area contributed by atoms with E-state index in [1.54, 1.807) is 0 Å². The zero-order chi connectivity index (χ0) is 20.0. The summed E-state index contributed by atoms with van der Waals surface area (Å²) in [5.41, 5.74) is 1.85. The summed E-state index contributed by atoms with van der Waals surface area (Å²) >= 11 is 0. The maximum absolute atomic E-state index is 12.4. The number of nitrogens with zero attached hydrogens (tertiary/aromatic N) is 1. The van der Waals surface area contributed by atoms with Crippen LogP contribution < -0.4 is 0 Å². The second kappa shape index (κ2) is 6.92. The summed E-state index contributed by atoms with van der Waals surface area (Å²) < 4.78 is 17.8. The van der Waals surface area contributed by atoms with Crippen LogP contribution in [0.5, 0.6) is 0 Å². The van der Waals surface area contributed by atoms with Gasteiger partial charge in [0.25, 0.3) is 0 Å². The Morgan fingerprint density at radius 2 is 1.64 bits per heavy atom. The molecule has 0 unspecified atom stereocenters. The molecule has 1 spiro atoms. The van der Waals surface area contributed by atoms with Crippen LogP contribution >= 0.6 is 0 Å². The molecule has 5 nitrogen and oxygen atoms in total. The van der Waals surface area contributed by atoms with Crippen molar-refractivity contribution < 1.29 is 18.8 Å². The number of allylic oxidation sites excluding steroid dienone is 2. The molecule has 0 radical (unpaired) electrons. The first-order chi connectivity index (χ1) is 13.2. The zero-order valence-corrected chi connectivity index (χ0v) is 17.4. The third-order valence-corrected chi connectivity index (χ3v) is 6.83. The molecule has 0 aromatic heterocycles. The fourth-order valence-corrected chi connectivity index (χ4v) is 4.18. The average molecular weight is 383 g/mol. The first kappa shape index (κ1) is 19.5. The van der Waals surface area contributed by atoms with Gasteiger partial charge < -0.3 is 18.9 Å². The van der Waals surface area contributed by atoms with E-state index in [1.165, 1.54) is 5.47 Å². The van der Waals surface area contributed by atoms with Gasteiger partial charge in [0.05, 0.1) is 11.2 Å². The predicted octanol–water partition coefficient (Wildman–Crippen LogP) is 4.37. The molecule has 0 N–H and O–H groups in total. The van der Waals surface area contributed by atoms with Crippen molar-refractivity contribution in [2.75, 3.05) is 13.1 Å². The van der Waals surface area contributed by atoms with Crippen LogP contribution in [0.25, 0.3) is 0 Å². The quantitative estimate of drug-likeness (QED) is 0.728. The van der Waals surface area contributed by atoms with E-state index >= 15 is 0 Å². The predicted molar refractivity (Wildman–Crippen MR) is 109 cm³/mol. The molecule has 0 bridgehead atoms. The Labute approximate surface area is 168 Å². The highest BCUT2D eigenvalue weighted by molar-refractivity contribution is 6.55. The number of hydrogen-bond donors (Lipinski definition) is 0. The van der Waals surface area contributed by atoms with Gasteiger partial charge in [-0.1, -0.05) is 36.4 Å². The molecule has 2 aliphatic heterocycles. The van der Waals surface area contributed by atoms with E-state index in [0.29, 0.717) is 6.61 Å². The summed E-state index contributed by atoms with van der Waals surface area (Å²) in [6.45, 7) is 10.1. The molecule has 2 fully saturated rings. The van der Waals surface area contributed by atoms with Crippen LogP contribution in [0.3, 0.4) is 0 Å². The molecule has 1 amide bonds. The molecule has 150 valence electrons. The number of carbonyl (C=O) groups excluding carboxylic acids is 1. The Kier molecular flexibility index (Phi) is 4.83. The second-order valence-corrected chi connectivity index (χ2v) is 9.37. The van der Waals surface area contributed by atoms with Crippen LogP contribution in [-0.2, 0) is 20.7 Å². The van der Waals surface area contributed by atoms with Crippen molar-refractivity contribution >= 4 is 13.2 Å². The lowest BCUT2D eigenvalue weighted by molar-refractivity contribution is 0.00578. The summed E-state index contributed by atoms with van der Waals surface area (Å²) in [7, 11) is -0.232. The summed E-state index contributed by atoms with van der Waals surface area (Å²) in [6, 6.07) is 9.80. The number of ether oxygens (including phenoxy) is 1. The van der Waals surface area contributed by atoms with Crippen LogP contribution in [0.2, 0.25) is 0 Å². The largest absolute Gasteiger partial charge is 0.490 e. The number of rotatable bonds is 3. The highest BCUT2D eigenvalue weighted by atomic mass is 16.7. The van der Waals surface area contributed by atoms with Gasteiger partial charge in [-0.25, -0.2) is 4.79 Å². The summed E-state index contributed by atoms with van der Waals surface area (Å²) in [4.78, 5) is 14.2. The number of hydrogen-bond acceptors (Lipinski definition) is 4. The molecule has 3 aliphatic rings. The summed E-state index contributed by atoms with van der Waals surface area (Å²) in [5, 5.41) is 0. The van der Waals surface area contributed by atoms with Gasteiger partial charge in [-0.05, 0) is 63.4 Å². The Bertz CT molecular complexity index is 750. The molecule has 28 heavy (non-hydrogen) atoms. The van der Waals surface area contributed by atoms with Crippen molar-refractivity contribution in [3.8, 4) is 0 Å². The van der Waals surface area contributed by atoms with E-state index < -0.39 is 0 Å². The fraction of sp³-hybridized carbons (Fsp3) is 0.591. The van der Waals surface area contributed by atoms with E-state index in [4.69, 9.17) is 14.0 Å². The van der Waals surface area contributed by atoms with Gasteiger partial charge >= 0.3 is 13.2 Å². The van der Waals surface area contributed by atoms with Crippen molar-refractivity contribution in [1.29, 1.82) is 0 Å². The van der Waals surface area contributed by atoms with Crippen molar-refractivity contribution in [2.24, 2.45) is 5.41 Å². The van der Waals surface area contributed by atoms with Gasteiger partial charge in [0.1, 0.15) is 6.61 Å². The first-order valence-corrected chi connectivity index (χ1v) is 10.2. The smallest absolute Gasteiger partial charge is 0.445 e. The van der Waals surface area contributed by atoms with Gasteiger partial charge in [0, 0.05) is 13.1 Å². The van der Waals surface area contributed by atoms with Crippen LogP contribution in [0.1, 0.15) is 52.5 Å². The Hall–Kier alpha value is -1.79. The maximum Gasteiger partial charge on any atom is 0.490 e.